The number of hydrogen-bond acceptors (Lipinski definition) is 6. The zero-order chi connectivity index (χ0) is 23.6. The topological polar surface area (TPSA) is 77.2 Å². The summed E-state index contributed by atoms with van der Waals surface area (Å²) in [6.07, 6.45) is 0.0577. The standard InChI is InChI=1S/C16H17F3N2O2S.C6H6ClN/c1-2-3-4-7-23-14-6-5-11(8-13(14)16(17,18)19)21-15-20-9-12(10-22)24-15;7-5-1-3-6(8)4-2-5/h5-6,8-10H,2-4,7H2,1H3,(H,20,21);1-4H,8H2. The van der Waals surface area contributed by atoms with Gasteiger partial charge in [-0.05, 0) is 48.9 Å². The van der Waals surface area contributed by atoms with E-state index in [-0.39, 0.29) is 18.0 Å². The monoisotopic (exact) mass is 485 g/mol. The first-order valence-electron chi connectivity index (χ1n) is 9.76. The lowest BCUT2D eigenvalue weighted by Crippen LogP contribution is -2.10. The molecule has 0 atom stereocenters. The molecule has 0 aliphatic carbocycles. The summed E-state index contributed by atoms with van der Waals surface area (Å²) in [4.78, 5) is 15.0. The van der Waals surface area contributed by atoms with E-state index in [2.05, 4.69) is 10.3 Å². The lowest BCUT2D eigenvalue weighted by molar-refractivity contribution is -0.138. The Bertz CT molecular complexity index is 974. The summed E-state index contributed by atoms with van der Waals surface area (Å²) < 4.78 is 45.0. The van der Waals surface area contributed by atoms with Gasteiger partial charge in [0.25, 0.3) is 0 Å². The minimum absolute atomic E-state index is 0.183. The zero-order valence-corrected chi connectivity index (χ0v) is 18.9. The normalized spacial score (nSPS) is 10.8. The number of aldehydes is 1. The molecule has 1 aromatic heterocycles. The lowest BCUT2D eigenvalue weighted by atomic mass is 10.1. The number of anilines is 3. The highest BCUT2D eigenvalue weighted by Crippen LogP contribution is 2.38. The number of carbonyl (C=O) groups is 1. The fourth-order valence-corrected chi connectivity index (χ4v) is 3.25. The largest absolute Gasteiger partial charge is 0.493 e. The van der Waals surface area contributed by atoms with Crippen LogP contribution in [-0.2, 0) is 6.18 Å². The van der Waals surface area contributed by atoms with Gasteiger partial charge in [-0.25, -0.2) is 4.98 Å². The van der Waals surface area contributed by atoms with Crippen LogP contribution in [0.4, 0.5) is 29.7 Å². The summed E-state index contributed by atoms with van der Waals surface area (Å²) in [5.41, 5.74) is 5.51. The first kappa shape index (κ1) is 25.5. The Kier molecular flexibility index (Phi) is 9.80. The molecule has 0 aliphatic rings. The van der Waals surface area contributed by atoms with Crippen LogP contribution in [0, 0.1) is 0 Å². The Labute approximate surface area is 193 Å². The Morgan fingerprint density at radius 2 is 1.91 bits per heavy atom. The van der Waals surface area contributed by atoms with Crippen molar-refractivity contribution in [3.05, 3.63) is 64.1 Å². The van der Waals surface area contributed by atoms with Crippen molar-refractivity contribution < 1.29 is 22.7 Å². The Balaban J connectivity index is 0.000000380. The fraction of sp³-hybridized carbons (Fsp3) is 0.273. The number of aromatic nitrogens is 1. The summed E-state index contributed by atoms with van der Waals surface area (Å²) in [7, 11) is 0. The molecular formula is C22H23ClF3N3O2S. The summed E-state index contributed by atoms with van der Waals surface area (Å²) in [5.74, 6) is -0.183. The summed E-state index contributed by atoms with van der Waals surface area (Å²) in [6.45, 7) is 2.26. The molecule has 0 unspecified atom stereocenters. The zero-order valence-electron chi connectivity index (χ0n) is 17.3. The number of alkyl halides is 3. The van der Waals surface area contributed by atoms with Crippen LogP contribution < -0.4 is 15.8 Å². The average Bonchev–Trinajstić information content (AvgIpc) is 3.21. The number of hydrogen-bond donors (Lipinski definition) is 2. The van der Waals surface area contributed by atoms with Crippen molar-refractivity contribution in [1.29, 1.82) is 0 Å². The van der Waals surface area contributed by atoms with Crippen LogP contribution in [0.15, 0.2) is 48.7 Å². The summed E-state index contributed by atoms with van der Waals surface area (Å²) >= 11 is 6.62. The van der Waals surface area contributed by atoms with E-state index in [4.69, 9.17) is 22.1 Å². The van der Waals surface area contributed by atoms with Crippen molar-refractivity contribution in [3.63, 3.8) is 0 Å². The molecule has 0 radical (unpaired) electrons. The van der Waals surface area contributed by atoms with E-state index in [1.54, 1.807) is 24.3 Å². The highest BCUT2D eigenvalue weighted by Gasteiger charge is 2.34. The maximum atomic E-state index is 13.2. The van der Waals surface area contributed by atoms with Crippen LogP contribution in [0.5, 0.6) is 5.75 Å². The second-order valence-corrected chi connectivity index (χ2v) is 8.13. The first-order chi connectivity index (χ1) is 15.2. The number of halogens is 4. The Hall–Kier alpha value is -2.78. The van der Waals surface area contributed by atoms with E-state index in [0.29, 0.717) is 22.7 Å². The number of unbranched alkanes of at least 4 members (excludes halogenated alkanes) is 2. The maximum absolute atomic E-state index is 13.2. The van der Waals surface area contributed by atoms with Gasteiger partial charge in [0.05, 0.1) is 23.2 Å². The molecule has 0 fully saturated rings. The number of nitrogen functional groups attached to an aromatic ring is 1. The number of thiazole rings is 1. The number of rotatable bonds is 8. The third-order valence-corrected chi connectivity index (χ3v) is 5.14. The maximum Gasteiger partial charge on any atom is 0.420 e. The first-order valence-corrected chi connectivity index (χ1v) is 11.0. The van der Waals surface area contributed by atoms with Crippen molar-refractivity contribution in [2.45, 2.75) is 32.4 Å². The second-order valence-electron chi connectivity index (χ2n) is 6.63. The van der Waals surface area contributed by atoms with Gasteiger partial charge < -0.3 is 15.8 Å². The van der Waals surface area contributed by atoms with E-state index in [1.165, 1.54) is 18.3 Å². The third kappa shape index (κ3) is 8.39. The minimum atomic E-state index is -4.52. The number of nitrogens with zero attached hydrogens (tertiary/aromatic N) is 1. The smallest absolute Gasteiger partial charge is 0.420 e. The molecule has 0 amide bonds. The molecule has 0 saturated carbocycles. The molecule has 0 spiro atoms. The predicted molar refractivity (Wildman–Crippen MR) is 123 cm³/mol. The second kappa shape index (κ2) is 12.3. The molecule has 0 saturated heterocycles. The fourth-order valence-electron chi connectivity index (χ4n) is 2.47. The van der Waals surface area contributed by atoms with Gasteiger partial charge in [0.15, 0.2) is 11.4 Å². The van der Waals surface area contributed by atoms with E-state index < -0.39 is 11.7 Å². The van der Waals surface area contributed by atoms with Crippen LogP contribution >= 0.6 is 22.9 Å². The van der Waals surface area contributed by atoms with Crippen LogP contribution in [0.3, 0.4) is 0 Å². The summed E-state index contributed by atoms with van der Waals surface area (Å²) in [6, 6.07) is 10.8. The van der Waals surface area contributed by atoms with Gasteiger partial charge in [-0.3, -0.25) is 4.79 Å². The molecule has 3 aromatic rings. The lowest BCUT2D eigenvalue weighted by Gasteiger charge is -2.15. The van der Waals surface area contributed by atoms with Crippen LogP contribution in [0.1, 0.15) is 41.4 Å². The van der Waals surface area contributed by atoms with Gasteiger partial charge in [0, 0.05) is 16.4 Å². The molecule has 0 aliphatic heterocycles. The molecule has 10 heteroatoms. The van der Waals surface area contributed by atoms with E-state index >= 15 is 0 Å². The molecule has 2 aromatic carbocycles. The van der Waals surface area contributed by atoms with Crippen LogP contribution in [-0.4, -0.2) is 17.9 Å². The Morgan fingerprint density at radius 1 is 1.19 bits per heavy atom. The van der Waals surface area contributed by atoms with Gasteiger partial charge in [0.1, 0.15) is 5.75 Å². The molecule has 172 valence electrons. The minimum Gasteiger partial charge on any atom is -0.493 e. The number of ether oxygens (including phenoxy) is 1. The molecule has 1 heterocycles. The van der Waals surface area contributed by atoms with Crippen LogP contribution in [0.2, 0.25) is 5.02 Å². The van der Waals surface area contributed by atoms with E-state index in [9.17, 15) is 18.0 Å². The van der Waals surface area contributed by atoms with Gasteiger partial charge in [-0.15, -0.1) is 0 Å². The van der Waals surface area contributed by atoms with Crippen molar-refractivity contribution >= 4 is 45.7 Å². The molecule has 3 N–H and O–H groups in total. The molecular weight excluding hydrogens is 463 g/mol. The Morgan fingerprint density at radius 3 is 2.47 bits per heavy atom. The van der Waals surface area contributed by atoms with Crippen LogP contribution in [0.25, 0.3) is 0 Å². The average molecular weight is 486 g/mol. The number of benzene rings is 2. The van der Waals surface area contributed by atoms with Gasteiger partial charge >= 0.3 is 6.18 Å². The number of carbonyl (C=O) groups excluding carboxylic acids is 1. The highest BCUT2D eigenvalue weighted by atomic mass is 35.5. The molecule has 32 heavy (non-hydrogen) atoms. The molecule has 0 bridgehead atoms. The quantitative estimate of drug-likeness (QED) is 0.200. The predicted octanol–water partition coefficient (Wildman–Crippen LogP) is 7.21. The molecule has 5 nitrogen and oxygen atoms in total. The van der Waals surface area contributed by atoms with Gasteiger partial charge in [0.2, 0.25) is 0 Å². The van der Waals surface area contributed by atoms with E-state index in [0.717, 1.165) is 41.0 Å². The van der Waals surface area contributed by atoms with Crippen molar-refractivity contribution in [1.82, 2.24) is 4.98 Å². The van der Waals surface area contributed by atoms with Gasteiger partial charge in [-0.2, -0.15) is 13.2 Å². The third-order valence-electron chi connectivity index (χ3n) is 4.05. The summed E-state index contributed by atoms with van der Waals surface area (Å²) in [5, 5.41) is 3.84. The number of nitrogens with two attached hydrogens (primary N) is 1. The van der Waals surface area contributed by atoms with Crippen molar-refractivity contribution in [3.8, 4) is 5.75 Å². The van der Waals surface area contributed by atoms with E-state index in [1.807, 2.05) is 6.92 Å². The number of nitrogens with one attached hydrogen (secondary N) is 1. The molecule has 3 rings (SSSR count). The van der Waals surface area contributed by atoms with Gasteiger partial charge in [-0.1, -0.05) is 42.7 Å². The van der Waals surface area contributed by atoms with Crippen molar-refractivity contribution in [2.24, 2.45) is 0 Å². The SMILES string of the molecule is CCCCCOc1ccc(Nc2ncc(C=O)s2)cc1C(F)(F)F.Nc1ccc(Cl)cc1. The van der Waals surface area contributed by atoms with Crippen molar-refractivity contribution in [2.75, 3.05) is 17.7 Å². The highest BCUT2D eigenvalue weighted by molar-refractivity contribution is 7.17.